The first kappa shape index (κ1) is 11.3. The lowest BCUT2D eigenvalue weighted by Gasteiger charge is -2.09. The third kappa shape index (κ3) is 1.88. The first-order valence-corrected chi connectivity index (χ1v) is 5.78. The highest BCUT2D eigenvalue weighted by Crippen LogP contribution is 2.29. The monoisotopic (exact) mass is 280 g/mol. The fraction of sp³-hybridized carbons (Fsp3) is 0.273. The van der Waals surface area contributed by atoms with Gasteiger partial charge in [-0.05, 0) is 34.5 Å². The first-order valence-electron chi connectivity index (χ1n) is 4.98. The Morgan fingerprint density at radius 2 is 2.19 bits per heavy atom. The zero-order valence-corrected chi connectivity index (χ0v) is 10.8. The summed E-state index contributed by atoms with van der Waals surface area (Å²) < 4.78 is 2.49. The average Bonchev–Trinajstić information content (AvgIpc) is 2.58. The minimum atomic E-state index is 0.507. The van der Waals surface area contributed by atoms with Crippen LogP contribution in [-0.4, -0.2) is 15.0 Å². The van der Waals surface area contributed by atoms with Crippen LogP contribution in [0.4, 0.5) is 0 Å². The third-order valence-electron chi connectivity index (χ3n) is 2.53. The molecule has 2 rings (SSSR count). The largest absolute Gasteiger partial charge is 0.326 e. The molecule has 84 valence electrons. The predicted molar refractivity (Wildman–Crippen MR) is 66.8 cm³/mol. The fourth-order valence-electron chi connectivity index (χ4n) is 1.71. The van der Waals surface area contributed by atoms with Crippen molar-refractivity contribution in [1.82, 2.24) is 15.0 Å². The Balaban J connectivity index is 2.67. The molecule has 2 aromatic rings. The summed E-state index contributed by atoms with van der Waals surface area (Å²) >= 11 is 3.41. The Morgan fingerprint density at radius 1 is 1.44 bits per heavy atom. The molecule has 0 aliphatic carbocycles. The summed E-state index contributed by atoms with van der Waals surface area (Å²) in [6.07, 6.45) is 0. The van der Waals surface area contributed by atoms with Gasteiger partial charge >= 0.3 is 0 Å². The van der Waals surface area contributed by atoms with Crippen molar-refractivity contribution in [3.8, 4) is 11.3 Å². The molecule has 1 aromatic heterocycles. The number of hydrogen-bond donors (Lipinski definition) is 1. The van der Waals surface area contributed by atoms with Gasteiger partial charge in [0.15, 0.2) is 4.60 Å². The zero-order valence-electron chi connectivity index (χ0n) is 9.24. The quantitative estimate of drug-likeness (QED) is 0.916. The average molecular weight is 281 g/mol. The van der Waals surface area contributed by atoms with Crippen molar-refractivity contribution >= 4 is 15.9 Å². The van der Waals surface area contributed by atoms with Gasteiger partial charge in [0.2, 0.25) is 0 Å². The van der Waals surface area contributed by atoms with E-state index in [-0.39, 0.29) is 0 Å². The molecule has 0 aliphatic rings. The molecule has 0 spiro atoms. The minimum Gasteiger partial charge on any atom is -0.326 e. The van der Waals surface area contributed by atoms with Crippen LogP contribution in [0.15, 0.2) is 22.8 Å². The Morgan fingerprint density at radius 3 is 2.75 bits per heavy atom. The number of aromatic nitrogens is 3. The standard InChI is InChI=1S/C11H13BrN4/c1-7-3-4-8(6-13)9(5-7)10-11(12)14-15-16(10)2/h3-5H,6,13H2,1-2H3. The molecule has 0 bridgehead atoms. The second kappa shape index (κ2) is 4.35. The molecule has 4 nitrogen and oxygen atoms in total. The lowest BCUT2D eigenvalue weighted by molar-refractivity contribution is 0.719. The second-order valence-corrected chi connectivity index (χ2v) is 4.47. The lowest BCUT2D eigenvalue weighted by Crippen LogP contribution is -2.02. The fourth-order valence-corrected chi connectivity index (χ4v) is 2.25. The van der Waals surface area contributed by atoms with Crippen LogP contribution in [0, 0.1) is 6.92 Å². The maximum atomic E-state index is 5.74. The van der Waals surface area contributed by atoms with Crippen molar-refractivity contribution in [2.24, 2.45) is 12.8 Å². The normalized spacial score (nSPS) is 10.8. The summed E-state index contributed by atoms with van der Waals surface area (Å²) in [6, 6.07) is 6.21. The lowest BCUT2D eigenvalue weighted by atomic mass is 10.0. The number of nitrogens with two attached hydrogens (primary N) is 1. The van der Waals surface area contributed by atoms with Crippen LogP contribution in [0.3, 0.4) is 0 Å². The number of halogens is 1. The second-order valence-electron chi connectivity index (χ2n) is 3.72. The summed E-state index contributed by atoms with van der Waals surface area (Å²) in [4.78, 5) is 0. The van der Waals surface area contributed by atoms with Gasteiger partial charge in [0.25, 0.3) is 0 Å². The zero-order chi connectivity index (χ0) is 11.7. The molecule has 0 fully saturated rings. The van der Waals surface area contributed by atoms with Crippen molar-refractivity contribution < 1.29 is 0 Å². The minimum absolute atomic E-state index is 0.507. The van der Waals surface area contributed by atoms with Crippen molar-refractivity contribution in [3.05, 3.63) is 33.9 Å². The number of hydrogen-bond acceptors (Lipinski definition) is 3. The number of benzene rings is 1. The van der Waals surface area contributed by atoms with Gasteiger partial charge in [-0.2, -0.15) is 0 Å². The van der Waals surface area contributed by atoms with E-state index < -0.39 is 0 Å². The van der Waals surface area contributed by atoms with Crippen LogP contribution >= 0.6 is 15.9 Å². The van der Waals surface area contributed by atoms with Crippen molar-refractivity contribution in [2.45, 2.75) is 13.5 Å². The van der Waals surface area contributed by atoms with E-state index in [0.29, 0.717) is 6.54 Å². The molecule has 0 saturated carbocycles. The van der Waals surface area contributed by atoms with Gasteiger partial charge in [0, 0.05) is 19.2 Å². The van der Waals surface area contributed by atoms with Gasteiger partial charge in [-0.3, -0.25) is 0 Å². The number of aryl methyl sites for hydroxylation is 2. The van der Waals surface area contributed by atoms with E-state index in [1.165, 1.54) is 5.56 Å². The summed E-state index contributed by atoms with van der Waals surface area (Å²) in [5.74, 6) is 0. The maximum Gasteiger partial charge on any atom is 0.156 e. The van der Waals surface area contributed by atoms with E-state index in [1.807, 2.05) is 13.1 Å². The van der Waals surface area contributed by atoms with Crippen LogP contribution in [0.2, 0.25) is 0 Å². The number of rotatable bonds is 2. The maximum absolute atomic E-state index is 5.74. The Bertz CT molecular complexity index is 499. The Hall–Kier alpha value is -1.20. The van der Waals surface area contributed by atoms with Gasteiger partial charge in [0.05, 0.1) is 0 Å². The van der Waals surface area contributed by atoms with Crippen LogP contribution in [0.25, 0.3) is 11.3 Å². The van der Waals surface area contributed by atoms with Crippen LogP contribution in [0.5, 0.6) is 0 Å². The van der Waals surface area contributed by atoms with E-state index in [0.717, 1.165) is 21.4 Å². The molecule has 2 N–H and O–H groups in total. The molecule has 0 amide bonds. The van der Waals surface area contributed by atoms with Gasteiger partial charge in [-0.15, -0.1) is 5.10 Å². The molecule has 1 aromatic carbocycles. The van der Waals surface area contributed by atoms with Crippen molar-refractivity contribution in [2.75, 3.05) is 0 Å². The predicted octanol–water partition coefficient (Wildman–Crippen LogP) is 2.01. The highest BCUT2D eigenvalue weighted by Gasteiger charge is 2.13. The Labute approximate surface area is 103 Å². The third-order valence-corrected chi connectivity index (χ3v) is 3.06. The number of nitrogens with zero attached hydrogens (tertiary/aromatic N) is 3. The van der Waals surface area contributed by atoms with Gasteiger partial charge in [0.1, 0.15) is 5.69 Å². The highest BCUT2D eigenvalue weighted by atomic mass is 79.9. The smallest absolute Gasteiger partial charge is 0.156 e. The molecule has 0 atom stereocenters. The van der Waals surface area contributed by atoms with Crippen molar-refractivity contribution in [3.63, 3.8) is 0 Å². The summed E-state index contributed by atoms with van der Waals surface area (Å²) in [5.41, 5.74) is 10.1. The summed E-state index contributed by atoms with van der Waals surface area (Å²) in [5, 5.41) is 7.96. The molecule has 0 saturated heterocycles. The topological polar surface area (TPSA) is 56.7 Å². The van der Waals surface area contributed by atoms with Gasteiger partial charge in [-0.25, -0.2) is 4.68 Å². The van der Waals surface area contributed by atoms with Crippen LogP contribution < -0.4 is 5.73 Å². The van der Waals surface area contributed by atoms with E-state index in [4.69, 9.17) is 5.73 Å². The van der Waals surface area contributed by atoms with Crippen LogP contribution in [0.1, 0.15) is 11.1 Å². The Kier molecular flexibility index (Phi) is 3.07. The van der Waals surface area contributed by atoms with Gasteiger partial charge in [-0.1, -0.05) is 22.9 Å². The summed E-state index contributed by atoms with van der Waals surface area (Å²) in [7, 11) is 1.87. The first-order chi connectivity index (χ1) is 7.63. The molecular formula is C11H13BrN4. The SMILES string of the molecule is Cc1ccc(CN)c(-c2c(Br)nnn2C)c1. The molecule has 1 heterocycles. The van der Waals surface area contributed by atoms with Crippen molar-refractivity contribution in [1.29, 1.82) is 0 Å². The van der Waals surface area contributed by atoms with E-state index in [1.54, 1.807) is 4.68 Å². The molecule has 5 heteroatoms. The molecular weight excluding hydrogens is 268 g/mol. The van der Waals surface area contributed by atoms with E-state index in [9.17, 15) is 0 Å². The summed E-state index contributed by atoms with van der Waals surface area (Å²) in [6.45, 7) is 2.56. The van der Waals surface area contributed by atoms with Crippen LogP contribution in [-0.2, 0) is 13.6 Å². The van der Waals surface area contributed by atoms with Gasteiger partial charge < -0.3 is 5.73 Å². The molecule has 0 aliphatic heterocycles. The molecule has 0 unspecified atom stereocenters. The highest BCUT2D eigenvalue weighted by molar-refractivity contribution is 9.10. The molecule has 0 radical (unpaired) electrons. The van der Waals surface area contributed by atoms with E-state index in [2.05, 4.69) is 45.3 Å². The van der Waals surface area contributed by atoms with E-state index >= 15 is 0 Å². The molecule has 16 heavy (non-hydrogen) atoms.